The summed E-state index contributed by atoms with van der Waals surface area (Å²) in [6, 6.07) is 0. The molecule has 0 aromatic heterocycles. The van der Waals surface area contributed by atoms with E-state index in [1.54, 1.807) is 6.08 Å². The minimum atomic E-state index is -4.66. The van der Waals surface area contributed by atoms with Gasteiger partial charge < -0.3 is 24.6 Å². The molecule has 3 N–H and O–H groups in total. The Morgan fingerprint density at radius 1 is 0.537 bits per heavy atom. The molecule has 0 aromatic carbocycles. The van der Waals surface area contributed by atoms with Gasteiger partial charge in [0, 0.05) is 6.42 Å². The van der Waals surface area contributed by atoms with Crippen molar-refractivity contribution in [3.05, 3.63) is 72.9 Å². The van der Waals surface area contributed by atoms with Crippen LogP contribution in [0.5, 0.6) is 0 Å². The lowest BCUT2D eigenvalue weighted by Crippen LogP contribution is -2.28. The molecule has 0 heterocycles. The highest BCUT2D eigenvalue weighted by molar-refractivity contribution is 7.47. The van der Waals surface area contributed by atoms with Crippen LogP contribution in [0.1, 0.15) is 149 Å². The number of ether oxygens (including phenoxy) is 2. The molecular weight excluding hydrogens is 707 g/mol. The fraction of sp³-hybridized carbons (Fsp3) is 0.674. The number of phosphoric ester groups is 1. The number of rotatable bonds is 37. The van der Waals surface area contributed by atoms with Gasteiger partial charge in [-0.25, -0.2) is 4.57 Å². The molecule has 0 aliphatic carbocycles. The van der Waals surface area contributed by atoms with E-state index in [-0.39, 0.29) is 12.8 Å². The third kappa shape index (κ3) is 36.4. The van der Waals surface area contributed by atoms with Gasteiger partial charge in [-0.1, -0.05) is 145 Å². The highest BCUT2D eigenvalue weighted by atomic mass is 31.2. The van der Waals surface area contributed by atoms with Crippen LogP contribution in [0.4, 0.5) is 0 Å². The van der Waals surface area contributed by atoms with Crippen molar-refractivity contribution in [1.82, 2.24) is 0 Å². The van der Waals surface area contributed by atoms with Crippen molar-refractivity contribution in [2.45, 2.75) is 161 Å². The highest BCUT2D eigenvalue weighted by Crippen LogP contribution is 2.43. The number of hydrogen-bond donors (Lipinski definition) is 3. The Hall–Kier alpha value is -2.59. The Kier molecular flexibility index (Phi) is 36.8. The number of aliphatic hydroxyl groups excluding tert-OH is 2. The molecule has 0 spiro atoms. The van der Waals surface area contributed by atoms with Crippen molar-refractivity contribution in [2.75, 3.05) is 26.4 Å². The molecule has 54 heavy (non-hydrogen) atoms. The lowest BCUT2D eigenvalue weighted by molar-refractivity contribution is -0.153. The Balaban J connectivity index is 4.08. The fourth-order valence-corrected chi connectivity index (χ4v) is 5.85. The van der Waals surface area contributed by atoms with Gasteiger partial charge in [0.1, 0.15) is 12.2 Å². The zero-order valence-corrected chi connectivity index (χ0v) is 34.3. The largest absolute Gasteiger partial charge is 0.472 e. The first-order valence-corrected chi connectivity index (χ1v) is 21.9. The van der Waals surface area contributed by atoms with Crippen LogP contribution in [0.2, 0.25) is 0 Å². The van der Waals surface area contributed by atoms with Crippen LogP contribution in [0.3, 0.4) is 0 Å². The van der Waals surface area contributed by atoms with Gasteiger partial charge in [-0.05, 0) is 64.2 Å². The number of carbonyl (C=O) groups is 2. The lowest BCUT2D eigenvalue weighted by atomic mass is 10.1. The van der Waals surface area contributed by atoms with Crippen molar-refractivity contribution < 1.29 is 47.8 Å². The topological polar surface area (TPSA) is 149 Å². The average molecular weight is 781 g/mol. The molecule has 0 fully saturated rings. The zero-order valence-electron chi connectivity index (χ0n) is 33.4. The van der Waals surface area contributed by atoms with Crippen molar-refractivity contribution >= 4 is 19.8 Å². The van der Waals surface area contributed by atoms with Crippen LogP contribution >= 0.6 is 7.82 Å². The van der Waals surface area contributed by atoms with Gasteiger partial charge in [-0.15, -0.1) is 0 Å². The molecule has 310 valence electrons. The van der Waals surface area contributed by atoms with Crippen LogP contribution in [0.15, 0.2) is 72.9 Å². The molecular formula is C43H73O10P. The van der Waals surface area contributed by atoms with E-state index in [0.717, 1.165) is 64.2 Å². The molecule has 0 bridgehead atoms. The number of aliphatic hydroxyl groups is 2. The fourth-order valence-electron chi connectivity index (χ4n) is 5.07. The molecule has 0 saturated carbocycles. The van der Waals surface area contributed by atoms with Crippen molar-refractivity contribution in [3.8, 4) is 0 Å². The van der Waals surface area contributed by atoms with Crippen LogP contribution in [-0.2, 0) is 32.7 Å². The maximum Gasteiger partial charge on any atom is 0.472 e. The predicted molar refractivity (Wildman–Crippen MR) is 219 cm³/mol. The van der Waals surface area contributed by atoms with Gasteiger partial charge in [-0.2, -0.15) is 0 Å². The summed E-state index contributed by atoms with van der Waals surface area (Å²) in [6.07, 6.45) is 43.3. The number of phosphoric acid groups is 1. The molecule has 0 aliphatic rings. The summed E-state index contributed by atoms with van der Waals surface area (Å²) in [7, 11) is -4.66. The maximum atomic E-state index is 12.3. The molecule has 3 atom stereocenters. The minimum absolute atomic E-state index is 0.0438. The van der Waals surface area contributed by atoms with E-state index < -0.39 is 58.4 Å². The highest BCUT2D eigenvalue weighted by Gasteiger charge is 2.27. The Morgan fingerprint density at radius 2 is 0.944 bits per heavy atom. The lowest BCUT2D eigenvalue weighted by Gasteiger charge is -2.20. The molecule has 10 nitrogen and oxygen atoms in total. The number of unbranched alkanes of at least 4 members (excludes halogenated alkanes) is 12. The van der Waals surface area contributed by atoms with Gasteiger partial charge in [0.15, 0.2) is 0 Å². The molecule has 0 saturated heterocycles. The smallest absolute Gasteiger partial charge is 0.457 e. The third-order valence-corrected chi connectivity index (χ3v) is 9.14. The summed E-state index contributed by atoms with van der Waals surface area (Å²) in [5.74, 6) is -1.17. The number of hydrogen-bond acceptors (Lipinski definition) is 9. The van der Waals surface area contributed by atoms with Gasteiger partial charge in [0.2, 0.25) is 0 Å². The molecule has 0 aromatic rings. The number of carbonyl (C=O) groups excluding carboxylic acids is 2. The first kappa shape index (κ1) is 51.4. The summed E-state index contributed by atoms with van der Waals surface area (Å²) in [6.45, 7) is 1.95. The Labute approximate surface area is 327 Å². The SMILES string of the molecule is CC/C=C\C/C=C\C/C=C\C/C=C\C/C=C\CC(=O)OC(CO)COP(=O)(O)OCC(CO)OC(=O)CCCCCCC/C=C\CCCCCCCCC. The Morgan fingerprint density at radius 3 is 1.41 bits per heavy atom. The second kappa shape index (κ2) is 38.7. The zero-order chi connectivity index (χ0) is 39.8. The molecule has 0 radical (unpaired) electrons. The van der Waals surface area contributed by atoms with Crippen molar-refractivity contribution in [2.24, 2.45) is 0 Å². The summed E-state index contributed by atoms with van der Waals surface area (Å²) in [5.41, 5.74) is 0. The first-order chi connectivity index (χ1) is 26.3. The van der Waals surface area contributed by atoms with Crippen LogP contribution in [-0.4, -0.2) is 65.7 Å². The van der Waals surface area contributed by atoms with E-state index in [2.05, 4.69) is 62.5 Å². The normalized spacial score (nSPS) is 14.7. The van der Waals surface area contributed by atoms with Crippen LogP contribution in [0.25, 0.3) is 0 Å². The van der Waals surface area contributed by atoms with E-state index in [1.807, 2.05) is 18.2 Å². The molecule has 3 unspecified atom stereocenters. The van der Waals surface area contributed by atoms with E-state index >= 15 is 0 Å². The second-order valence-electron chi connectivity index (χ2n) is 13.2. The summed E-state index contributed by atoms with van der Waals surface area (Å²) < 4.78 is 32.4. The average Bonchev–Trinajstić information content (AvgIpc) is 3.16. The van der Waals surface area contributed by atoms with Crippen LogP contribution in [0, 0.1) is 0 Å². The number of esters is 2. The summed E-state index contributed by atoms with van der Waals surface area (Å²) >= 11 is 0. The minimum Gasteiger partial charge on any atom is -0.457 e. The number of allylic oxidation sites excluding steroid dienone is 11. The van der Waals surface area contributed by atoms with E-state index in [1.165, 1.54) is 44.9 Å². The van der Waals surface area contributed by atoms with Gasteiger partial charge in [0.25, 0.3) is 0 Å². The summed E-state index contributed by atoms with van der Waals surface area (Å²) in [5, 5.41) is 19.1. The maximum absolute atomic E-state index is 12.3. The quantitative estimate of drug-likeness (QED) is 0.0241. The molecule has 0 aliphatic heterocycles. The van der Waals surface area contributed by atoms with Gasteiger partial charge >= 0.3 is 19.8 Å². The molecule has 11 heteroatoms. The third-order valence-electron chi connectivity index (χ3n) is 8.19. The first-order valence-electron chi connectivity index (χ1n) is 20.4. The summed E-state index contributed by atoms with van der Waals surface area (Å²) in [4.78, 5) is 34.4. The van der Waals surface area contributed by atoms with E-state index in [9.17, 15) is 29.3 Å². The monoisotopic (exact) mass is 780 g/mol. The van der Waals surface area contributed by atoms with Gasteiger partial charge in [-0.3, -0.25) is 18.6 Å². The standard InChI is InChI=1S/C43H73O10P/c1-3-5-7-9-11-13-15-17-19-21-23-25-27-29-31-33-35-43(47)53-41(37-45)39-51-54(48,49)50-38-40(36-44)52-42(46)34-32-30-28-26-24-22-20-18-16-14-12-10-8-6-4-2/h6,8,12,14,18-21,24,26,30,32,40-41,44-45H,3-5,7,9-11,13,15-17,22-23,25,27-29,31,33-39H2,1-2H3,(H,48,49)/b8-6-,14-12-,20-18-,21-19-,26-24-,32-30-. The molecule has 0 amide bonds. The van der Waals surface area contributed by atoms with E-state index in [0.29, 0.717) is 12.8 Å². The second-order valence-corrected chi connectivity index (χ2v) is 14.7. The Bertz CT molecular complexity index is 1130. The van der Waals surface area contributed by atoms with E-state index in [4.69, 9.17) is 18.5 Å². The van der Waals surface area contributed by atoms with Crippen LogP contribution < -0.4 is 0 Å². The van der Waals surface area contributed by atoms with Crippen molar-refractivity contribution in [1.29, 1.82) is 0 Å². The predicted octanol–water partition coefficient (Wildman–Crippen LogP) is 10.5. The van der Waals surface area contributed by atoms with Gasteiger partial charge in [0.05, 0.1) is 32.8 Å². The molecule has 0 rings (SSSR count). The van der Waals surface area contributed by atoms with Crippen molar-refractivity contribution in [3.63, 3.8) is 0 Å².